The Morgan fingerprint density at radius 3 is 2.43 bits per heavy atom. The third-order valence-corrected chi connectivity index (χ3v) is 4.56. The molecule has 0 spiro atoms. The van der Waals surface area contributed by atoms with E-state index in [9.17, 15) is 0 Å². The number of aryl methyl sites for hydroxylation is 2. The fourth-order valence-corrected chi connectivity index (χ4v) is 2.28. The third-order valence-electron chi connectivity index (χ3n) is 4.56. The number of anilines is 1. The second-order valence-electron chi connectivity index (χ2n) is 7.14. The molecule has 1 aromatic heterocycles. The number of benzene rings is 1. The molecule has 0 aliphatic carbocycles. The van der Waals surface area contributed by atoms with Crippen molar-refractivity contribution >= 4 is 5.88 Å². The normalized spacial score (nSPS) is 13.4. The zero-order valence-electron chi connectivity index (χ0n) is 13.9. The number of hydrogen-bond donors (Lipinski definition) is 1. The SMILES string of the molecule is Cc1ccc(-c2c(CC(C)C(C)(C)C)noc2N)cc1C. The van der Waals surface area contributed by atoms with E-state index in [1.54, 1.807) is 0 Å². The lowest BCUT2D eigenvalue weighted by Crippen LogP contribution is -2.19. The maximum absolute atomic E-state index is 6.02. The quantitative estimate of drug-likeness (QED) is 0.884. The molecule has 2 rings (SSSR count). The first kappa shape index (κ1) is 15.6. The van der Waals surface area contributed by atoms with Crippen LogP contribution < -0.4 is 5.73 Å². The summed E-state index contributed by atoms with van der Waals surface area (Å²) in [6, 6.07) is 6.37. The Kier molecular flexibility index (Phi) is 4.13. The van der Waals surface area contributed by atoms with E-state index in [-0.39, 0.29) is 5.41 Å². The lowest BCUT2D eigenvalue weighted by molar-refractivity contribution is 0.255. The highest BCUT2D eigenvalue weighted by Gasteiger charge is 2.24. The maximum Gasteiger partial charge on any atom is 0.230 e. The summed E-state index contributed by atoms with van der Waals surface area (Å²) >= 11 is 0. The van der Waals surface area contributed by atoms with Crippen LogP contribution in [0, 0.1) is 25.2 Å². The average molecular weight is 286 g/mol. The van der Waals surface area contributed by atoms with Crippen LogP contribution in [0.3, 0.4) is 0 Å². The Hall–Kier alpha value is -1.77. The highest BCUT2D eigenvalue weighted by atomic mass is 16.5. The molecular formula is C18H26N2O. The van der Waals surface area contributed by atoms with Gasteiger partial charge in [-0.1, -0.05) is 51.1 Å². The summed E-state index contributed by atoms with van der Waals surface area (Å²) in [5.41, 5.74) is 11.8. The second kappa shape index (κ2) is 5.55. The molecule has 0 saturated heterocycles. The number of aromatic nitrogens is 1. The summed E-state index contributed by atoms with van der Waals surface area (Å²) in [5.74, 6) is 0.904. The number of nitrogens with zero attached hydrogens (tertiary/aromatic N) is 1. The molecule has 3 heteroatoms. The summed E-state index contributed by atoms with van der Waals surface area (Å²) in [6.45, 7) is 13.2. The largest absolute Gasteiger partial charge is 0.367 e. The molecule has 1 heterocycles. The summed E-state index contributed by atoms with van der Waals surface area (Å²) in [6.07, 6.45) is 0.868. The van der Waals surface area contributed by atoms with E-state index in [1.165, 1.54) is 11.1 Å². The van der Waals surface area contributed by atoms with Gasteiger partial charge in [-0.15, -0.1) is 0 Å². The molecule has 114 valence electrons. The second-order valence-corrected chi connectivity index (χ2v) is 7.14. The molecule has 0 radical (unpaired) electrons. The van der Waals surface area contributed by atoms with E-state index in [0.717, 1.165) is 23.2 Å². The van der Waals surface area contributed by atoms with Crippen LogP contribution >= 0.6 is 0 Å². The molecule has 0 fully saturated rings. The number of nitrogens with two attached hydrogens (primary N) is 1. The van der Waals surface area contributed by atoms with Crippen molar-refractivity contribution in [2.75, 3.05) is 5.73 Å². The number of nitrogen functional groups attached to an aromatic ring is 1. The van der Waals surface area contributed by atoms with Crippen molar-refractivity contribution in [3.63, 3.8) is 0 Å². The number of rotatable bonds is 3. The Balaban J connectivity index is 2.40. The summed E-state index contributed by atoms with van der Waals surface area (Å²) in [7, 11) is 0. The van der Waals surface area contributed by atoms with E-state index in [4.69, 9.17) is 10.3 Å². The monoisotopic (exact) mass is 286 g/mol. The van der Waals surface area contributed by atoms with E-state index < -0.39 is 0 Å². The Morgan fingerprint density at radius 2 is 1.86 bits per heavy atom. The molecular weight excluding hydrogens is 260 g/mol. The van der Waals surface area contributed by atoms with Gasteiger partial charge in [0.25, 0.3) is 0 Å². The fourth-order valence-electron chi connectivity index (χ4n) is 2.28. The van der Waals surface area contributed by atoms with Gasteiger partial charge in [-0.05, 0) is 48.3 Å². The summed E-state index contributed by atoms with van der Waals surface area (Å²) in [5, 5.41) is 4.20. The highest BCUT2D eigenvalue weighted by molar-refractivity contribution is 5.75. The third kappa shape index (κ3) is 3.29. The van der Waals surface area contributed by atoms with Gasteiger partial charge >= 0.3 is 0 Å². The average Bonchev–Trinajstić information content (AvgIpc) is 2.73. The molecule has 0 bridgehead atoms. The van der Waals surface area contributed by atoms with Gasteiger partial charge < -0.3 is 10.3 Å². The van der Waals surface area contributed by atoms with E-state index in [2.05, 4.69) is 64.9 Å². The Labute approximate surface area is 127 Å². The molecule has 1 unspecified atom stereocenters. The van der Waals surface area contributed by atoms with Crippen LogP contribution in [-0.4, -0.2) is 5.16 Å². The highest BCUT2D eigenvalue weighted by Crippen LogP contribution is 2.35. The first-order valence-electron chi connectivity index (χ1n) is 7.51. The number of hydrogen-bond acceptors (Lipinski definition) is 3. The molecule has 2 aromatic rings. The van der Waals surface area contributed by atoms with Crippen molar-refractivity contribution in [1.82, 2.24) is 5.16 Å². The van der Waals surface area contributed by atoms with Crippen LogP contribution in [0.4, 0.5) is 5.88 Å². The standard InChI is InChI=1S/C18H26N2O/c1-11-7-8-14(9-12(11)2)16-15(20-21-17(16)19)10-13(3)18(4,5)6/h7-9,13H,10,19H2,1-6H3. The van der Waals surface area contributed by atoms with Crippen molar-refractivity contribution in [2.45, 2.75) is 48.0 Å². The van der Waals surface area contributed by atoms with Gasteiger partial charge in [-0.25, -0.2) is 0 Å². The van der Waals surface area contributed by atoms with Crippen LogP contribution in [0.1, 0.15) is 44.5 Å². The van der Waals surface area contributed by atoms with Gasteiger partial charge in [0.2, 0.25) is 5.88 Å². The fraction of sp³-hybridized carbons (Fsp3) is 0.500. The molecule has 0 aliphatic heterocycles. The molecule has 0 saturated carbocycles. The topological polar surface area (TPSA) is 52.0 Å². The van der Waals surface area contributed by atoms with Gasteiger partial charge in [0.1, 0.15) is 0 Å². The molecule has 0 aliphatic rings. The minimum atomic E-state index is 0.230. The van der Waals surface area contributed by atoms with Crippen LogP contribution in [0.2, 0.25) is 0 Å². The molecule has 1 aromatic carbocycles. The van der Waals surface area contributed by atoms with Crippen molar-refractivity contribution in [2.24, 2.45) is 11.3 Å². The van der Waals surface area contributed by atoms with Gasteiger partial charge in [-0.3, -0.25) is 0 Å². The van der Waals surface area contributed by atoms with E-state index in [0.29, 0.717) is 11.8 Å². The van der Waals surface area contributed by atoms with E-state index >= 15 is 0 Å². The van der Waals surface area contributed by atoms with Gasteiger partial charge in [-0.2, -0.15) is 0 Å². The van der Waals surface area contributed by atoms with Crippen LogP contribution in [-0.2, 0) is 6.42 Å². The molecule has 2 N–H and O–H groups in total. The van der Waals surface area contributed by atoms with Crippen LogP contribution in [0.15, 0.2) is 22.7 Å². The lowest BCUT2D eigenvalue weighted by Gasteiger charge is -2.26. The predicted molar refractivity (Wildman–Crippen MR) is 88.1 cm³/mol. The zero-order valence-corrected chi connectivity index (χ0v) is 13.9. The zero-order chi connectivity index (χ0) is 15.8. The molecule has 21 heavy (non-hydrogen) atoms. The van der Waals surface area contributed by atoms with Crippen LogP contribution in [0.25, 0.3) is 11.1 Å². The summed E-state index contributed by atoms with van der Waals surface area (Å²) in [4.78, 5) is 0. The minimum absolute atomic E-state index is 0.230. The smallest absolute Gasteiger partial charge is 0.230 e. The Morgan fingerprint density at radius 1 is 1.19 bits per heavy atom. The van der Waals surface area contributed by atoms with Crippen molar-refractivity contribution in [3.05, 3.63) is 35.0 Å². The molecule has 3 nitrogen and oxygen atoms in total. The first-order valence-corrected chi connectivity index (χ1v) is 7.51. The van der Waals surface area contributed by atoms with Gasteiger partial charge in [0, 0.05) is 0 Å². The van der Waals surface area contributed by atoms with Crippen molar-refractivity contribution in [3.8, 4) is 11.1 Å². The Bertz CT molecular complexity index is 635. The summed E-state index contributed by atoms with van der Waals surface area (Å²) < 4.78 is 5.26. The van der Waals surface area contributed by atoms with Gasteiger partial charge in [0.15, 0.2) is 0 Å². The first-order chi connectivity index (χ1) is 9.70. The van der Waals surface area contributed by atoms with Crippen molar-refractivity contribution < 1.29 is 4.52 Å². The lowest BCUT2D eigenvalue weighted by atomic mass is 9.79. The predicted octanol–water partition coefficient (Wildman–Crippen LogP) is 4.77. The van der Waals surface area contributed by atoms with Gasteiger partial charge in [0.05, 0.1) is 11.3 Å². The van der Waals surface area contributed by atoms with Crippen LogP contribution in [0.5, 0.6) is 0 Å². The molecule has 0 amide bonds. The van der Waals surface area contributed by atoms with Crippen molar-refractivity contribution in [1.29, 1.82) is 0 Å². The van der Waals surface area contributed by atoms with E-state index in [1.807, 2.05) is 0 Å². The maximum atomic E-state index is 6.02. The minimum Gasteiger partial charge on any atom is -0.367 e. The molecule has 1 atom stereocenters.